The highest BCUT2D eigenvalue weighted by Gasteiger charge is 2.33. The molecule has 0 N–H and O–H groups in total. The molecular weight excluding hydrogens is 180 g/mol. The first-order valence-corrected chi connectivity index (χ1v) is 6.84. The average molecular weight is 212 g/mol. The van der Waals surface area contributed by atoms with Crippen molar-refractivity contribution in [3.63, 3.8) is 0 Å². The van der Waals surface area contributed by atoms with Crippen molar-refractivity contribution in [3.05, 3.63) is 0 Å². The quantitative estimate of drug-likeness (QED) is 0.521. The molecule has 0 saturated carbocycles. The number of hydrogen-bond donors (Lipinski definition) is 0. The molecule has 2 unspecified atom stereocenters. The van der Waals surface area contributed by atoms with Crippen molar-refractivity contribution in [3.8, 4) is 0 Å². The Morgan fingerprint density at radius 1 is 1.00 bits per heavy atom. The van der Waals surface area contributed by atoms with Crippen LogP contribution in [-0.4, -0.2) is 0 Å². The molecule has 92 valence electrons. The molecule has 2 atom stereocenters. The predicted molar refractivity (Wildman–Crippen MR) is 71.1 cm³/mol. The Kier molecular flexibility index (Phi) is 6.55. The van der Waals surface area contributed by atoms with Crippen LogP contribution in [0.25, 0.3) is 0 Å². The van der Waals surface area contributed by atoms with E-state index in [9.17, 15) is 0 Å². The SMILES string of the molecule is CCCCC(C)(C(C)C)C(C)CC(C)C. The van der Waals surface area contributed by atoms with E-state index >= 15 is 0 Å². The van der Waals surface area contributed by atoms with E-state index < -0.39 is 0 Å². The first-order valence-electron chi connectivity index (χ1n) is 6.84. The Balaban J connectivity index is 4.47. The summed E-state index contributed by atoms with van der Waals surface area (Å²) in [6.45, 7) is 16.7. The predicted octanol–water partition coefficient (Wildman–Crippen LogP) is 5.52. The molecule has 0 rings (SSSR count). The van der Waals surface area contributed by atoms with Crippen LogP contribution in [0.2, 0.25) is 0 Å². The summed E-state index contributed by atoms with van der Waals surface area (Å²) in [4.78, 5) is 0. The summed E-state index contributed by atoms with van der Waals surface area (Å²) >= 11 is 0. The van der Waals surface area contributed by atoms with Crippen LogP contribution in [0, 0.1) is 23.2 Å². The molecule has 0 aliphatic carbocycles. The minimum atomic E-state index is 0.542. The fraction of sp³-hybridized carbons (Fsp3) is 1.00. The summed E-state index contributed by atoms with van der Waals surface area (Å²) < 4.78 is 0. The lowest BCUT2D eigenvalue weighted by Crippen LogP contribution is -2.32. The average Bonchev–Trinajstić information content (AvgIpc) is 2.12. The van der Waals surface area contributed by atoms with Gasteiger partial charge in [-0.05, 0) is 36.0 Å². The standard InChI is InChI=1S/C15H32/c1-8-9-10-15(7,13(4)5)14(6)11-12(2)3/h12-14H,8-11H2,1-7H3. The zero-order valence-corrected chi connectivity index (χ0v) is 12.1. The van der Waals surface area contributed by atoms with Crippen molar-refractivity contribution in [2.75, 3.05) is 0 Å². The van der Waals surface area contributed by atoms with Crippen LogP contribution in [0.15, 0.2) is 0 Å². The van der Waals surface area contributed by atoms with Crippen molar-refractivity contribution >= 4 is 0 Å². The smallest absolute Gasteiger partial charge is 0.0277 e. The van der Waals surface area contributed by atoms with Gasteiger partial charge in [-0.15, -0.1) is 0 Å². The maximum atomic E-state index is 2.50. The fourth-order valence-electron chi connectivity index (χ4n) is 2.64. The summed E-state index contributed by atoms with van der Waals surface area (Å²) in [6.07, 6.45) is 5.49. The molecule has 0 fully saturated rings. The van der Waals surface area contributed by atoms with Gasteiger partial charge in [-0.25, -0.2) is 0 Å². The molecule has 0 aliphatic rings. The number of rotatable bonds is 7. The lowest BCUT2D eigenvalue weighted by atomic mass is 9.65. The van der Waals surface area contributed by atoms with Crippen LogP contribution >= 0.6 is 0 Å². The zero-order valence-electron chi connectivity index (χ0n) is 12.1. The molecule has 0 amide bonds. The highest BCUT2D eigenvalue weighted by atomic mass is 14.4. The van der Waals surface area contributed by atoms with Crippen LogP contribution in [0.4, 0.5) is 0 Å². The maximum absolute atomic E-state index is 2.50. The molecule has 0 bridgehead atoms. The van der Waals surface area contributed by atoms with Crippen LogP contribution < -0.4 is 0 Å². The molecule has 0 aromatic heterocycles. The lowest BCUT2D eigenvalue weighted by molar-refractivity contribution is 0.0923. The van der Waals surface area contributed by atoms with Gasteiger partial charge in [-0.3, -0.25) is 0 Å². The largest absolute Gasteiger partial charge is 0.0654 e. The Morgan fingerprint density at radius 3 is 1.87 bits per heavy atom. The first-order chi connectivity index (χ1) is 6.84. The third kappa shape index (κ3) is 4.57. The molecule has 0 aromatic carbocycles. The van der Waals surface area contributed by atoms with Gasteiger partial charge in [0.1, 0.15) is 0 Å². The third-order valence-electron chi connectivity index (χ3n) is 4.34. The van der Waals surface area contributed by atoms with Gasteiger partial charge in [-0.2, -0.15) is 0 Å². The van der Waals surface area contributed by atoms with Gasteiger partial charge in [0.2, 0.25) is 0 Å². The highest BCUT2D eigenvalue weighted by molar-refractivity contribution is 4.83. The lowest BCUT2D eigenvalue weighted by Gasteiger charge is -2.41. The Hall–Kier alpha value is 0. The van der Waals surface area contributed by atoms with E-state index in [4.69, 9.17) is 0 Å². The van der Waals surface area contributed by atoms with Crippen LogP contribution in [0.1, 0.15) is 74.1 Å². The molecule has 15 heavy (non-hydrogen) atoms. The summed E-state index contributed by atoms with van der Waals surface area (Å²) in [5.41, 5.74) is 0.542. The van der Waals surface area contributed by atoms with E-state index in [1.165, 1.54) is 25.7 Å². The summed E-state index contributed by atoms with van der Waals surface area (Å²) in [7, 11) is 0. The summed E-state index contributed by atoms with van der Waals surface area (Å²) in [6, 6.07) is 0. The zero-order chi connectivity index (χ0) is 12.1. The van der Waals surface area contributed by atoms with E-state index in [-0.39, 0.29) is 0 Å². The molecule has 0 aliphatic heterocycles. The second-order valence-corrected chi connectivity index (χ2v) is 6.29. The highest BCUT2D eigenvalue weighted by Crippen LogP contribution is 2.42. The Labute approximate surface area is 97.8 Å². The van der Waals surface area contributed by atoms with Crippen molar-refractivity contribution < 1.29 is 0 Å². The van der Waals surface area contributed by atoms with Gasteiger partial charge < -0.3 is 0 Å². The molecule has 0 saturated heterocycles. The molecule has 0 aromatic rings. The maximum Gasteiger partial charge on any atom is -0.0277 e. The number of unbranched alkanes of at least 4 members (excludes halogenated alkanes) is 1. The Bertz CT molecular complexity index is 157. The van der Waals surface area contributed by atoms with Crippen LogP contribution in [-0.2, 0) is 0 Å². The van der Waals surface area contributed by atoms with Crippen LogP contribution in [0.3, 0.4) is 0 Å². The number of hydrogen-bond acceptors (Lipinski definition) is 0. The minimum Gasteiger partial charge on any atom is -0.0654 e. The van der Waals surface area contributed by atoms with E-state index in [1.807, 2.05) is 0 Å². The minimum absolute atomic E-state index is 0.542. The molecule has 0 spiro atoms. The topological polar surface area (TPSA) is 0 Å². The van der Waals surface area contributed by atoms with Gasteiger partial charge in [0.15, 0.2) is 0 Å². The fourth-order valence-corrected chi connectivity index (χ4v) is 2.64. The van der Waals surface area contributed by atoms with E-state index in [0.29, 0.717) is 5.41 Å². The van der Waals surface area contributed by atoms with E-state index in [2.05, 4.69) is 48.5 Å². The van der Waals surface area contributed by atoms with Gasteiger partial charge in [0, 0.05) is 0 Å². The molecule has 0 nitrogen and oxygen atoms in total. The molecule has 0 radical (unpaired) electrons. The van der Waals surface area contributed by atoms with E-state index in [1.54, 1.807) is 0 Å². The van der Waals surface area contributed by atoms with Crippen LogP contribution in [0.5, 0.6) is 0 Å². The van der Waals surface area contributed by atoms with Crippen molar-refractivity contribution in [2.24, 2.45) is 23.2 Å². The summed E-state index contributed by atoms with van der Waals surface area (Å²) in [5, 5.41) is 0. The van der Waals surface area contributed by atoms with Crippen molar-refractivity contribution in [2.45, 2.75) is 74.1 Å². The van der Waals surface area contributed by atoms with Gasteiger partial charge >= 0.3 is 0 Å². The van der Waals surface area contributed by atoms with Gasteiger partial charge in [-0.1, -0.05) is 61.3 Å². The molecule has 0 heterocycles. The second-order valence-electron chi connectivity index (χ2n) is 6.29. The Morgan fingerprint density at radius 2 is 1.53 bits per heavy atom. The van der Waals surface area contributed by atoms with Gasteiger partial charge in [0.05, 0.1) is 0 Å². The van der Waals surface area contributed by atoms with Crippen molar-refractivity contribution in [1.82, 2.24) is 0 Å². The monoisotopic (exact) mass is 212 g/mol. The normalized spacial score (nSPS) is 18.2. The van der Waals surface area contributed by atoms with E-state index in [0.717, 1.165) is 17.8 Å². The molecular formula is C15H32. The third-order valence-corrected chi connectivity index (χ3v) is 4.34. The first kappa shape index (κ1) is 15.0. The second kappa shape index (κ2) is 6.55. The van der Waals surface area contributed by atoms with Gasteiger partial charge in [0.25, 0.3) is 0 Å². The molecule has 0 heteroatoms. The van der Waals surface area contributed by atoms with Crippen molar-refractivity contribution in [1.29, 1.82) is 0 Å². The summed E-state index contributed by atoms with van der Waals surface area (Å²) in [5.74, 6) is 2.49.